The molecule has 148 valence electrons. The van der Waals surface area contributed by atoms with Crippen molar-refractivity contribution >= 4 is 28.0 Å². The van der Waals surface area contributed by atoms with Gasteiger partial charge in [0.15, 0.2) is 0 Å². The highest BCUT2D eigenvalue weighted by molar-refractivity contribution is 6.01. The fourth-order valence-corrected chi connectivity index (χ4v) is 3.38. The Bertz CT molecular complexity index is 1220. The van der Waals surface area contributed by atoms with Crippen molar-refractivity contribution in [2.45, 2.75) is 25.9 Å². The Balaban J connectivity index is 1.55. The minimum absolute atomic E-state index is 0.133. The lowest BCUT2D eigenvalue weighted by Crippen LogP contribution is -2.34. The lowest BCUT2D eigenvalue weighted by atomic mass is 10.0. The molecule has 2 aromatic heterocycles. The topological polar surface area (TPSA) is 86.4 Å². The highest BCUT2D eigenvalue weighted by Crippen LogP contribution is 2.24. The Labute approximate surface area is 166 Å². The van der Waals surface area contributed by atoms with Crippen LogP contribution in [0.4, 0.5) is 0 Å². The van der Waals surface area contributed by atoms with Gasteiger partial charge in [-0.2, -0.15) is 0 Å². The summed E-state index contributed by atoms with van der Waals surface area (Å²) in [5.74, 6) is 0.485. The van der Waals surface area contributed by atoms with E-state index >= 15 is 0 Å². The van der Waals surface area contributed by atoms with E-state index in [1.807, 2.05) is 49.4 Å². The number of benzene rings is 2. The van der Waals surface area contributed by atoms with Gasteiger partial charge in [-0.1, -0.05) is 31.2 Å². The van der Waals surface area contributed by atoms with E-state index in [9.17, 15) is 9.59 Å². The van der Waals surface area contributed by atoms with Crippen LogP contribution in [0.15, 0.2) is 64.1 Å². The van der Waals surface area contributed by atoms with Gasteiger partial charge in [-0.15, -0.1) is 0 Å². The largest absolute Gasteiger partial charge is 0.497 e. The Hall–Kier alpha value is -3.61. The molecule has 7 heteroatoms. The molecule has 0 bridgehead atoms. The average Bonchev–Trinajstić information content (AvgIpc) is 3.14. The number of aromatic nitrogens is 2. The summed E-state index contributed by atoms with van der Waals surface area (Å²) in [6, 6.07) is 14.7. The lowest BCUT2D eigenvalue weighted by molar-refractivity contribution is -0.122. The molecule has 0 radical (unpaired) electrons. The number of carbonyl (C=O) groups excluding carboxylic acids is 1. The third-order valence-electron chi connectivity index (χ3n) is 4.93. The maximum Gasteiger partial charge on any atom is 0.297 e. The number of hydrogen-bond donors (Lipinski definition) is 1. The number of amides is 1. The molecular formula is C22H21N3O4. The molecule has 1 unspecified atom stereocenters. The molecule has 4 rings (SSSR count). The van der Waals surface area contributed by atoms with Gasteiger partial charge in [0.05, 0.1) is 19.5 Å². The highest BCUT2D eigenvalue weighted by Gasteiger charge is 2.17. The number of fused-ring (bicyclic) bond motifs is 3. The molecule has 7 nitrogen and oxygen atoms in total. The first-order valence-electron chi connectivity index (χ1n) is 9.40. The van der Waals surface area contributed by atoms with Crippen LogP contribution < -0.4 is 15.6 Å². The lowest BCUT2D eigenvalue weighted by Gasteiger charge is -2.18. The molecular weight excluding hydrogens is 370 g/mol. The number of rotatable bonds is 6. The van der Waals surface area contributed by atoms with E-state index in [0.717, 1.165) is 16.7 Å². The number of methoxy groups -OCH3 is 1. The van der Waals surface area contributed by atoms with Crippen LogP contribution in [-0.2, 0) is 11.3 Å². The van der Waals surface area contributed by atoms with Crippen molar-refractivity contribution in [1.29, 1.82) is 0 Å². The molecule has 4 aromatic rings. The van der Waals surface area contributed by atoms with Crippen molar-refractivity contribution in [3.05, 3.63) is 70.8 Å². The minimum atomic E-state index is -0.376. The highest BCUT2D eigenvalue weighted by atomic mass is 16.5. The van der Waals surface area contributed by atoms with E-state index in [1.54, 1.807) is 13.2 Å². The van der Waals surface area contributed by atoms with Crippen LogP contribution in [0, 0.1) is 0 Å². The molecule has 2 aromatic carbocycles. The second kappa shape index (κ2) is 7.79. The van der Waals surface area contributed by atoms with Crippen LogP contribution in [0.5, 0.6) is 5.75 Å². The van der Waals surface area contributed by atoms with Gasteiger partial charge in [0.25, 0.3) is 5.56 Å². The first-order chi connectivity index (χ1) is 14.1. The van der Waals surface area contributed by atoms with Gasteiger partial charge < -0.3 is 14.5 Å². The average molecular weight is 391 g/mol. The maximum absolute atomic E-state index is 12.8. The van der Waals surface area contributed by atoms with Gasteiger partial charge in [0, 0.05) is 5.39 Å². The molecule has 0 aliphatic rings. The molecule has 0 spiro atoms. The van der Waals surface area contributed by atoms with E-state index in [4.69, 9.17) is 9.15 Å². The molecule has 2 heterocycles. The Kier molecular flexibility index (Phi) is 5.03. The van der Waals surface area contributed by atoms with E-state index in [2.05, 4.69) is 10.3 Å². The van der Waals surface area contributed by atoms with Crippen LogP contribution in [-0.4, -0.2) is 22.6 Å². The number of carbonyl (C=O) groups is 1. The molecule has 0 aliphatic heterocycles. The Morgan fingerprint density at radius 2 is 1.97 bits per heavy atom. The van der Waals surface area contributed by atoms with Gasteiger partial charge >= 0.3 is 0 Å². The van der Waals surface area contributed by atoms with E-state index in [1.165, 1.54) is 10.9 Å². The summed E-state index contributed by atoms with van der Waals surface area (Å²) in [7, 11) is 1.61. The number of nitrogens with one attached hydrogen (secondary N) is 1. The molecule has 0 saturated carbocycles. The summed E-state index contributed by atoms with van der Waals surface area (Å²) in [5.41, 5.74) is 1.86. The normalized spacial score (nSPS) is 12.2. The summed E-state index contributed by atoms with van der Waals surface area (Å²) in [5, 5.41) is 3.75. The van der Waals surface area contributed by atoms with E-state index < -0.39 is 0 Å². The summed E-state index contributed by atoms with van der Waals surface area (Å²) in [6.07, 6.45) is 2.11. The van der Waals surface area contributed by atoms with Crippen LogP contribution >= 0.6 is 0 Å². The van der Waals surface area contributed by atoms with Gasteiger partial charge in [0.2, 0.25) is 11.5 Å². The molecule has 0 fully saturated rings. The Morgan fingerprint density at radius 3 is 2.69 bits per heavy atom. The van der Waals surface area contributed by atoms with E-state index in [0.29, 0.717) is 17.5 Å². The van der Waals surface area contributed by atoms with Gasteiger partial charge in [-0.05, 0) is 36.2 Å². The fourth-order valence-electron chi connectivity index (χ4n) is 3.38. The number of para-hydroxylation sites is 1. The standard InChI is InChI=1S/C22H21N3O4/c1-3-17(14-8-10-15(28-2)11-9-14)24-19(26)12-25-13-23-20-16-6-4-5-7-18(16)29-21(20)22(25)27/h4-11,13,17H,3,12H2,1-2H3,(H,24,26). The van der Waals surface area contributed by atoms with E-state index in [-0.39, 0.29) is 29.6 Å². The zero-order valence-corrected chi connectivity index (χ0v) is 16.2. The van der Waals surface area contributed by atoms with Crippen LogP contribution in [0.3, 0.4) is 0 Å². The second-order valence-electron chi connectivity index (χ2n) is 6.76. The summed E-state index contributed by atoms with van der Waals surface area (Å²) in [6.45, 7) is 1.86. The second-order valence-corrected chi connectivity index (χ2v) is 6.76. The van der Waals surface area contributed by atoms with Gasteiger partial charge in [-0.25, -0.2) is 4.98 Å². The minimum Gasteiger partial charge on any atom is -0.497 e. The van der Waals surface area contributed by atoms with Crippen LogP contribution in [0.1, 0.15) is 24.9 Å². The number of furan rings is 1. The van der Waals surface area contributed by atoms with Gasteiger partial charge in [-0.3, -0.25) is 14.2 Å². The SMILES string of the molecule is CCC(NC(=O)Cn1cnc2c(oc3ccccc32)c1=O)c1ccc(OC)cc1. The summed E-state index contributed by atoms with van der Waals surface area (Å²) >= 11 is 0. The Morgan fingerprint density at radius 1 is 1.21 bits per heavy atom. The monoisotopic (exact) mass is 391 g/mol. The summed E-state index contributed by atoms with van der Waals surface area (Å²) in [4.78, 5) is 29.7. The van der Waals surface area contributed by atoms with Crippen molar-refractivity contribution in [3.8, 4) is 5.75 Å². The van der Waals surface area contributed by atoms with Crippen molar-refractivity contribution in [1.82, 2.24) is 14.9 Å². The predicted molar refractivity (Wildman–Crippen MR) is 110 cm³/mol. The molecule has 0 saturated heterocycles. The fraction of sp³-hybridized carbons (Fsp3) is 0.227. The van der Waals surface area contributed by atoms with Gasteiger partial charge in [0.1, 0.15) is 23.4 Å². The third kappa shape index (κ3) is 3.59. The first kappa shape index (κ1) is 18.7. The van der Waals surface area contributed by atoms with Crippen LogP contribution in [0.25, 0.3) is 22.1 Å². The van der Waals surface area contributed by atoms with Crippen molar-refractivity contribution < 1.29 is 13.9 Å². The number of nitrogens with zero attached hydrogens (tertiary/aromatic N) is 2. The quantitative estimate of drug-likeness (QED) is 0.544. The molecule has 1 N–H and O–H groups in total. The van der Waals surface area contributed by atoms with Crippen LogP contribution in [0.2, 0.25) is 0 Å². The molecule has 1 amide bonds. The molecule has 1 atom stereocenters. The predicted octanol–water partition coefficient (Wildman–Crippen LogP) is 3.42. The van der Waals surface area contributed by atoms with Crippen molar-refractivity contribution in [3.63, 3.8) is 0 Å². The van der Waals surface area contributed by atoms with Crippen molar-refractivity contribution in [2.24, 2.45) is 0 Å². The third-order valence-corrected chi connectivity index (χ3v) is 4.93. The van der Waals surface area contributed by atoms with Crippen molar-refractivity contribution in [2.75, 3.05) is 7.11 Å². The molecule has 0 aliphatic carbocycles. The first-order valence-corrected chi connectivity index (χ1v) is 9.40. The number of ether oxygens (including phenoxy) is 1. The molecule has 29 heavy (non-hydrogen) atoms. The summed E-state index contributed by atoms with van der Waals surface area (Å²) < 4.78 is 12.1. The number of hydrogen-bond acceptors (Lipinski definition) is 5. The zero-order chi connectivity index (χ0) is 20.4. The zero-order valence-electron chi connectivity index (χ0n) is 16.2. The maximum atomic E-state index is 12.8. The smallest absolute Gasteiger partial charge is 0.297 e.